The van der Waals surface area contributed by atoms with Crippen LogP contribution in [0.2, 0.25) is 0 Å². The fourth-order valence-corrected chi connectivity index (χ4v) is 1.01. The first kappa shape index (κ1) is 11.4. The molecule has 0 amide bonds. The molecule has 0 bridgehead atoms. The summed E-state index contributed by atoms with van der Waals surface area (Å²) in [5.41, 5.74) is 0.541. The van der Waals surface area contributed by atoms with Gasteiger partial charge in [-0.25, -0.2) is 0 Å². The standard InChI is InChI=1S/C7H5ClO.C5H5N/c8-7(9)6-4-2-1-3-5-6;1-2-4-6-5-3-1/h1-5H;1-5H. The molecule has 1 aromatic heterocycles. The van der Waals surface area contributed by atoms with Gasteiger partial charge >= 0.3 is 0 Å². The summed E-state index contributed by atoms with van der Waals surface area (Å²) in [4.78, 5) is 14.2. The number of hydrogen-bond donors (Lipinski definition) is 0. The highest BCUT2D eigenvalue weighted by atomic mass is 35.5. The lowest BCUT2D eigenvalue weighted by Gasteiger charge is -1.87. The number of aromatic nitrogens is 1. The highest BCUT2D eigenvalue weighted by Crippen LogP contribution is 2.01. The Balaban J connectivity index is 0.000000162. The Morgan fingerprint density at radius 1 is 0.933 bits per heavy atom. The Morgan fingerprint density at radius 2 is 1.47 bits per heavy atom. The number of pyridine rings is 1. The zero-order valence-corrected chi connectivity index (χ0v) is 8.76. The van der Waals surface area contributed by atoms with Gasteiger partial charge in [0.25, 0.3) is 5.24 Å². The van der Waals surface area contributed by atoms with E-state index in [9.17, 15) is 4.79 Å². The molecule has 0 aliphatic carbocycles. The molecule has 0 atom stereocenters. The van der Waals surface area contributed by atoms with E-state index in [1.165, 1.54) is 0 Å². The van der Waals surface area contributed by atoms with Crippen molar-refractivity contribution in [2.45, 2.75) is 0 Å². The number of carbonyl (C=O) groups is 1. The average molecular weight is 220 g/mol. The predicted octanol–water partition coefficient (Wildman–Crippen LogP) is 3.15. The van der Waals surface area contributed by atoms with Gasteiger partial charge in [0.15, 0.2) is 0 Å². The first-order chi connectivity index (χ1) is 7.30. The molecule has 0 fully saturated rings. The van der Waals surface area contributed by atoms with E-state index in [0.29, 0.717) is 5.56 Å². The summed E-state index contributed by atoms with van der Waals surface area (Å²) in [6, 6.07) is 14.5. The normalized spacial score (nSPS) is 8.60. The maximum absolute atomic E-state index is 10.4. The topological polar surface area (TPSA) is 30.0 Å². The predicted molar refractivity (Wildman–Crippen MR) is 60.9 cm³/mol. The summed E-state index contributed by atoms with van der Waals surface area (Å²) < 4.78 is 0. The van der Waals surface area contributed by atoms with Gasteiger partial charge < -0.3 is 0 Å². The van der Waals surface area contributed by atoms with Crippen LogP contribution in [0, 0.1) is 0 Å². The number of hydrogen-bond acceptors (Lipinski definition) is 2. The van der Waals surface area contributed by atoms with Gasteiger partial charge in [0.05, 0.1) is 0 Å². The van der Waals surface area contributed by atoms with Crippen LogP contribution in [0.3, 0.4) is 0 Å². The summed E-state index contributed by atoms with van der Waals surface area (Å²) in [6.07, 6.45) is 3.50. The van der Waals surface area contributed by atoms with Crippen molar-refractivity contribution >= 4 is 16.8 Å². The summed E-state index contributed by atoms with van der Waals surface area (Å²) in [5.74, 6) is 0. The Kier molecular flexibility index (Phi) is 5.12. The number of carbonyl (C=O) groups excluding carboxylic acids is 1. The second-order valence-electron chi connectivity index (χ2n) is 2.66. The van der Waals surface area contributed by atoms with Crippen LogP contribution in [0.4, 0.5) is 0 Å². The maximum Gasteiger partial charge on any atom is 0.252 e. The van der Waals surface area contributed by atoms with Crippen molar-refractivity contribution in [1.29, 1.82) is 0 Å². The van der Waals surface area contributed by atoms with Crippen LogP contribution >= 0.6 is 11.6 Å². The molecule has 2 rings (SSSR count). The van der Waals surface area contributed by atoms with Crippen molar-refractivity contribution in [3.05, 3.63) is 66.5 Å². The zero-order valence-electron chi connectivity index (χ0n) is 8.01. The van der Waals surface area contributed by atoms with Crippen molar-refractivity contribution in [2.24, 2.45) is 0 Å². The average Bonchev–Trinajstić information content (AvgIpc) is 2.33. The van der Waals surface area contributed by atoms with Gasteiger partial charge in [0.1, 0.15) is 0 Å². The minimum atomic E-state index is -0.407. The Labute approximate surface area is 93.5 Å². The Hall–Kier alpha value is -1.67. The van der Waals surface area contributed by atoms with Crippen LogP contribution in [-0.4, -0.2) is 10.2 Å². The molecule has 0 spiro atoms. The molecule has 0 unspecified atom stereocenters. The minimum Gasteiger partial charge on any atom is -0.276 e. The summed E-state index contributed by atoms with van der Waals surface area (Å²) >= 11 is 5.16. The summed E-state index contributed by atoms with van der Waals surface area (Å²) in [7, 11) is 0. The number of halogens is 1. The summed E-state index contributed by atoms with van der Waals surface area (Å²) in [6.45, 7) is 0. The molecule has 15 heavy (non-hydrogen) atoms. The van der Waals surface area contributed by atoms with E-state index in [0.717, 1.165) is 0 Å². The lowest BCUT2D eigenvalue weighted by molar-refractivity contribution is 0.108. The highest BCUT2D eigenvalue weighted by molar-refractivity contribution is 6.67. The molecule has 0 saturated carbocycles. The molecule has 2 nitrogen and oxygen atoms in total. The van der Waals surface area contributed by atoms with E-state index in [1.54, 1.807) is 36.7 Å². The van der Waals surface area contributed by atoms with E-state index in [-0.39, 0.29) is 0 Å². The summed E-state index contributed by atoms with van der Waals surface area (Å²) in [5, 5.41) is -0.407. The Morgan fingerprint density at radius 3 is 1.73 bits per heavy atom. The molecule has 3 heteroatoms. The molecule has 0 aliphatic heterocycles. The van der Waals surface area contributed by atoms with Crippen LogP contribution < -0.4 is 0 Å². The minimum absolute atomic E-state index is 0.407. The lowest BCUT2D eigenvalue weighted by Crippen LogP contribution is -1.84. The van der Waals surface area contributed by atoms with Gasteiger partial charge in [-0.1, -0.05) is 36.4 Å². The van der Waals surface area contributed by atoms with E-state index < -0.39 is 5.24 Å². The SMILES string of the molecule is O=C(Cl)c1ccccc1.c1ccncc1. The smallest absolute Gasteiger partial charge is 0.252 e. The van der Waals surface area contributed by atoms with E-state index >= 15 is 0 Å². The third kappa shape index (κ3) is 4.93. The first-order valence-electron chi connectivity index (χ1n) is 4.40. The van der Waals surface area contributed by atoms with Crippen LogP contribution in [0.25, 0.3) is 0 Å². The first-order valence-corrected chi connectivity index (χ1v) is 4.78. The molecule has 76 valence electrons. The van der Waals surface area contributed by atoms with Crippen LogP contribution in [-0.2, 0) is 0 Å². The van der Waals surface area contributed by atoms with Crippen molar-refractivity contribution in [3.8, 4) is 0 Å². The van der Waals surface area contributed by atoms with Gasteiger partial charge in [-0.2, -0.15) is 0 Å². The van der Waals surface area contributed by atoms with E-state index in [1.807, 2.05) is 24.3 Å². The second-order valence-corrected chi connectivity index (χ2v) is 3.01. The van der Waals surface area contributed by atoms with E-state index in [2.05, 4.69) is 4.98 Å². The number of benzene rings is 1. The van der Waals surface area contributed by atoms with Crippen molar-refractivity contribution < 1.29 is 4.79 Å². The lowest BCUT2D eigenvalue weighted by atomic mass is 10.2. The number of nitrogens with zero attached hydrogens (tertiary/aromatic N) is 1. The van der Waals surface area contributed by atoms with E-state index in [4.69, 9.17) is 11.6 Å². The van der Waals surface area contributed by atoms with Crippen LogP contribution in [0.15, 0.2) is 60.9 Å². The largest absolute Gasteiger partial charge is 0.276 e. The van der Waals surface area contributed by atoms with Crippen molar-refractivity contribution in [1.82, 2.24) is 4.98 Å². The fraction of sp³-hybridized carbons (Fsp3) is 0. The second kappa shape index (κ2) is 6.74. The van der Waals surface area contributed by atoms with Gasteiger partial charge in [0.2, 0.25) is 0 Å². The maximum atomic E-state index is 10.4. The Bertz CT molecular complexity index is 362. The molecule has 0 radical (unpaired) electrons. The molecule has 0 saturated heterocycles. The third-order valence-corrected chi connectivity index (χ3v) is 1.79. The molecule has 1 heterocycles. The molecular weight excluding hydrogens is 210 g/mol. The third-order valence-electron chi connectivity index (χ3n) is 1.57. The van der Waals surface area contributed by atoms with Crippen LogP contribution in [0.1, 0.15) is 10.4 Å². The van der Waals surface area contributed by atoms with Gasteiger partial charge in [-0.05, 0) is 23.7 Å². The van der Waals surface area contributed by atoms with Crippen molar-refractivity contribution in [2.75, 3.05) is 0 Å². The molecule has 0 N–H and O–H groups in total. The molecular formula is C12H10ClNO. The van der Waals surface area contributed by atoms with Crippen LogP contribution in [0.5, 0.6) is 0 Å². The molecule has 2 aromatic rings. The number of rotatable bonds is 1. The van der Waals surface area contributed by atoms with Gasteiger partial charge in [-0.15, -0.1) is 0 Å². The van der Waals surface area contributed by atoms with Crippen molar-refractivity contribution in [3.63, 3.8) is 0 Å². The molecule has 0 aliphatic rings. The van der Waals surface area contributed by atoms with Gasteiger partial charge in [0, 0.05) is 18.0 Å². The quantitative estimate of drug-likeness (QED) is 0.690. The zero-order chi connectivity index (χ0) is 10.9. The monoisotopic (exact) mass is 219 g/mol. The highest BCUT2D eigenvalue weighted by Gasteiger charge is 1.95. The fourth-order valence-electron chi connectivity index (χ4n) is 0.882. The molecule has 1 aromatic carbocycles. The van der Waals surface area contributed by atoms with Gasteiger partial charge in [-0.3, -0.25) is 9.78 Å².